The molecule has 2 aromatic rings. The van der Waals surface area contributed by atoms with Crippen LogP contribution in [0.3, 0.4) is 0 Å². The molecule has 0 aliphatic heterocycles. The van der Waals surface area contributed by atoms with Crippen LogP contribution in [-0.4, -0.2) is 9.38 Å². The minimum Gasteiger partial charge on any atom is -0.307 e. The van der Waals surface area contributed by atoms with Crippen LogP contribution in [0.25, 0.3) is 5.65 Å². The number of nitrogens with one attached hydrogen (secondary N) is 1. The van der Waals surface area contributed by atoms with Gasteiger partial charge in [-0.15, -0.1) is 0 Å². The topological polar surface area (TPSA) is 55.3 Å². The molecule has 2 heterocycles. The SMILES string of the molecule is NNCc1cn2ccccc2n1. The van der Waals surface area contributed by atoms with E-state index in [0.29, 0.717) is 6.54 Å². The van der Waals surface area contributed by atoms with Gasteiger partial charge in [0.05, 0.1) is 12.2 Å². The first-order valence-electron chi connectivity index (χ1n) is 3.76. The maximum Gasteiger partial charge on any atom is 0.137 e. The quantitative estimate of drug-likeness (QED) is 0.493. The highest BCUT2D eigenvalue weighted by molar-refractivity contribution is 5.39. The first kappa shape index (κ1) is 7.27. The molecule has 2 aromatic heterocycles. The number of rotatable bonds is 2. The first-order chi connectivity index (χ1) is 5.90. The van der Waals surface area contributed by atoms with Crippen molar-refractivity contribution in [2.75, 3.05) is 0 Å². The molecule has 2 rings (SSSR count). The van der Waals surface area contributed by atoms with Crippen LogP contribution in [0.5, 0.6) is 0 Å². The summed E-state index contributed by atoms with van der Waals surface area (Å²) >= 11 is 0. The van der Waals surface area contributed by atoms with Crippen LogP contribution < -0.4 is 11.3 Å². The smallest absolute Gasteiger partial charge is 0.137 e. The summed E-state index contributed by atoms with van der Waals surface area (Å²) in [6.45, 7) is 0.599. The number of fused-ring (bicyclic) bond motifs is 1. The van der Waals surface area contributed by atoms with Gasteiger partial charge in [-0.1, -0.05) is 6.07 Å². The molecule has 0 aliphatic rings. The molecule has 0 unspecified atom stereocenters. The van der Waals surface area contributed by atoms with Gasteiger partial charge < -0.3 is 4.40 Å². The van der Waals surface area contributed by atoms with Gasteiger partial charge in [-0.05, 0) is 12.1 Å². The zero-order valence-electron chi connectivity index (χ0n) is 6.57. The molecule has 0 saturated heterocycles. The molecular weight excluding hydrogens is 152 g/mol. The van der Waals surface area contributed by atoms with E-state index in [2.05, 4.69) is 10.4 Å². The molecule has 4 heteroatoms. The van der Waals surface area contributed by atoms with Crippen molar-refractivity contribution in [1.82, 2.24) is 14.8 Å². The van der Waals surface area contributed by atoms with E-state index >= 15 is 0 Å². The van der Waals surface area contributed by atoms with Crippen LogP contribution >= 0.6 is 0 Å². The molecule has 4 nitrogen and oxygen atoms in total. The van der Waals surface area contributed by atoms with Gasteiger partial charge in [0.1, 0.15) is 5.65 Å². The van der Waals surface area contributed by atoms with Crippen LogP contribution in [0.4, 0.5) is 0 Å². The summed E-state index contributed by atoms with van der Waals surface area (Å²) in [4.78, 5) is 4.32. The molecule has 0 aliphatic carbocycles. The van der Waals surface area contributed by atoms with Gasteiger partial charge in [0, 0.05) is 12.4 Å². The van der Waals surface area contributed by atoms with Gasteiger partial charge in [0.25, 0.3) is 0 Å². The third-order valence-corrected chi connectivity index (χ3v) is 1.70. The second-order valence-electron chi connectivity index (χ2n) is 2.58. The Kier molecular flexibility index (Phi) is 1.77. The molecule has 0 fully saturated rings. The van der Waals surface area contributed by atoms with E-state index < -0.39 is 0 Å². The van der Waals surface area contributed by atoms with Crippen molar-refractivity contribution in [1.29, 1.82) is 0 Å². The summed E-state index contributed by atoms with van der Waals surface area (Å²) in [5.41, 5.74) is 4.46. The Bertz CT molecular complexity index is 346. The maximum atomic E-state index is 5.18. The Labute approximate surface area is 70.0 Å². The van der Waals surface area contributed by atoms with E-state index in [1.807, 2.05) is 35.0 Å². The van der Waals surface area contributed by atoms with Crippen LogP contribution in [0.2, 0.25) is 0 Å². The second-order valence-corrected chi connectivity index (χ2v) is 2.58. The van der Waals surface area contributed by atoms with Crippen LogP contribution in [-0.2, 0) is 6.54 Å². The van der Waals surface area contributed by atoms with Gasteiger partial charge in [-0.25, -0.2) is 4.98 Å². The number of nitrogens with two attached hydrogens (primary N) is 1. The molecule has 12 heavy (non-hydrogen) atoms. The molecule has 0 amide bonds. The van der Waals surface area contributed by atoms with E-state index in [9.17, 15) is 0 Å². The summed E-state index contributed by atoms with van der Waals surface area (Å²) in [5, 5.41) is 0. The Hall–Kier alpha value is -1.39. The van der Waals surface area contributed by atoms with E-state index in [1.54, 1.807) is 0 Å². The maximum absolute atomic E-state index is 5.18. The average Bonchev–Trinajstić information content (AvgIpc) is 2.47. The highest BCUT2D eigenvalue weighted by atomic mass is 15.2. The number of imidazole rings is 1. The predicted molar refractivity (Wildman–Crippen MR) is 46.2 cm³/mol. The summed E-state index contributed by atoms with van der Waals surface area (Å²) in [6, 6.07) is 5.89. The van der Waals surface area contributed by atoms with Crippen LogP contribution in [0.1, 0.15) is 5.69 Å². The number of hydrogen-bond donors (Lipinski definition) is 2. The third-order valence-electron chi connectivity index (χ3n) is 1.70. The Morgan fingerprint density at radius 2 is 2.42 bits per heavy atom. The fraction of sp³-hybridized carbons (Fsp3) is 0.125. The van der Waals surface area contributed by atoms with Gasteiger partial charge in [0.2, 0.25) is 0 Å². The second kappa shape index (κ2) is 2.92. The van der Waals surface area contributed by atoms with E-state index in [4.69, 9.17) is 5.84 Å². The van der Waals surface area contributed by atoms with Crippen molar-refractivity contribution in [3.63, 3.8) is 0 Å². The lowest BCUT2D eigenvalue weighted by atomic mass is 10.5. The van der Waals surface area contributed by atoms with Gasteiger partial charge in [0.15, 0.2) is 0 Å². The molecule has 0 saturated carbocycles. The lowest BCUT2D eigenvalue weighted by Crippen LogP contribution is -2.20. The zero-order chi connectivity index (χ0) is 8.39. The highest BCUT2D eigenvalue weighted by Crippen LogP contribution is 2.03. The van der Waals surface area contributed by atoms with E-state index in [1.165, 1.54) is 0 Å². The van der Waals surface area contributed by atoms with Gasteiger partial charge in [-0.2, -0.15) is 0 Å². The molecule has 0 radical (unpaired) electrons. The largest absolute Gasteiger partial charge is 0.307 e. The molecule has 0 spiro atoms. The molecule has 0 bridgehead atoms. The summed E-state index contributed by atoms with van der Waals surface area (Å²) in [5.74, 6) is 5.18. The van der Waals surface area contributed by atoms with E-state index in [0.717, 1.165) is 11.3 Å². The summed E-state index contributed by atoms with van der Waals surface area (Å²) < 4.78 is 1.96. The van der Waals surface area contributed by atoms with Crippen molar-refractivity contribution in [2.24, 2.45) is 5.84 Å². The minimum absolute atomic E-state index is 0.599. The van der Waals surface area contributed by atoms with Gasteiger partial charge >= 0.3 is 0 Å². The first-order valence-corrected chi connectivity index (χ1v) is 3.76. The lowest BCUT2D eigenvalue weighted by molar-refractivity contribution is 0.727. The normalized spacial score (nSPS) is 10.8. The van der Waals surface area contributed by atoms with Crippen molar-refractivity contribution in [2.45, 2.75) is 6.54 Å². The van der Waals surface area contributed by atoms with E-state index in [-0.39, 0.29) is 0 Å². The van der Waals surface area contributed by atoms with Crippen molar-refractivity contribution in [3.05, 3.63) is 36.3 Å². The molecule has 0 atom stereocenters. The Morgan fingerprint density at radius 3 is 3.17 bits per heavy atom. The third kappa shape index (κ3) is 1.17. The molecule has 0 aromatic carbocycles. The van der Waals surface area contributed by atoms with Crippen molar-refractivity contribution >= 4 is 5.65 Å². The Morgan fingerprint density at radius 1 is 1.50 bits per heavy atom. The molecular formula is C8H10N4. The number of aromatic nitrogens is 2. The van der Waals surface area contributed by atoms with Crippen molar-refractivity contribution in [3.8, 4) is 0 Å². The number of hydrazine groups is 1. The predicted octanol–water partition coefficient (Wildman–Crippen LogP) is 0.298. The summed E-state index contributed by atoms with van der Waals surface area (Å²) in [7, 11) is 0. The summed E-state index contributed by atoms with van der Waals surface area (Å²) in [6.07, 6.45) is 3.91. The van der Waals surface area contributed by atoms with Crippen molar-refractivity contribution < 1.29 is 0 Å². The number of hydrogen-bond acceptors (Lipinski definition) is 3. The monoisotopic (exact) mass is 162 g/mol. The fourth-order valence-corrected chi connectivity index (χ4v) is 1.18. The standard InChI is InChI=1S/C8H10N4/c9-10-5-7-6-12-4-2-1-3-8(12)11-7/h1-4,6,10H,5,9H2. The lowest BCUT2D eigenvalue weighted by Gasteiger charge is -1.88. The van der Waals surface area contributed by atoms with Crippen LogP contribution in [0.15, 0.2) is 30.6 Å². The minimum atomic E-state index is 0.599. The highest BCUT2D eigenvalue weighted by Gasteiger charge is 1.97. The van der Waals surface area contributed by atoms with Gasteiger partial charge in [-0.3, -0.25) is 11.3 Å². The molecule has 3 N–H and O–H groups in total. The Balaban J connectivity index is 2.47. The molecule has 62 valence electrons. The number of nitrogens with zero attached hydrogens (tertiary/aromatic N) is 2. The zero-order valence-corrected chi connectivity index (χ0v) is 6.57. The fourth-order valence-electron chi connectivity index (χ4n) is 1.18. The average molecular weight is 162 g/mol. The number of pyridine rings is 1. The van der Waals surface area contributed by atoms with Crippen LogP contribution in [0, 0.1) is 0 Å².